The standard InChI is InChI=1S/C17H24N6O3/c1-11(2)22-5-4-21(10-14(22)15(18)25)17(26)13-8-20-23-9-12(3-6-24)7-19-16(13)23/h7-9,11,14,24H,3-6,10H2,1-2H3,(H2,18,25)/t14-/m1/s1. The molecule has 3 N–H and O–H groups in total. The smallest absolute Gasteiger partial charge is 0.259 e. The van der Waals surface area contributed by atoms with E-state index in [1.54, 1.807) is 17.3 Å². The fraction of sp³-hybridized carbons (Fsp3) is 0.529. The van der Waals surface area contributed by atoms with Gasteiger partial charge in [-0.15, -0.1) is 0 Å². The van der Waals surface area contributed by atoms with Gasteiger partial charge in [-0.05, 0) is 25.8 Å². The maximum Gasteiger partial charge on any atom is 0.259 e. The van der Waals surface area contributed by atoms with Gasteiger partial charge in [-0.3, -0.25) is 14.5 Å². The minimum Gasteiger partial charge on any atom is -0.396 e. The van der Waals surface area contributed by atoms with Crippen LogP contribution < -0.4 is 5.73 Å². The van der Waals surface area contributed by atoms with Gasteiger partial charge in [-0.1, -0.05) is 0 Å². The van der Waals surface area contributed by atoms with Crippen molar-refractivity contribution in [1.29, 1.82) is 0 Å². The van der Waals surface area contributed by atoms with Crippen LogP contribution in [0.1, 0.15) is 29.8 Å². The first-order chi connectivity index (χ1) is 12.4. The van der Waals surface area contributed by atoms with Crippen LogP contribution in [0.25, 0.3) is 5.65 Å². The van der Waals surface area contributed by atoms with E-state index in [0.29, 0.717) is 30.7 Å². The van der Waals surface area contributed by atoms with Gasteiger partial charge >= 0.3 is 0 Å². The van der Waals surface area contributed by atoms with Crippen LogP contribution in [-0.2, 0) is 11.2 Å². The highest BCUT2D eigenvalue weighted by Gasteiger charge is 2.35. The van der Waals surface area contributed by atoms with Crippen LogP contribution in [0.15, 0.2) is 18.6 Å². The lowest BCUT2D eigenvalue weighted by Crippen LogP contribution is -2.61. The number of piperazine rings is 1. The summed E-state index contributed by atoms with van der Waals surface area (Å²) in [5, 5.41) is 13.2. The van der Waals surface area contributed by atoms with Crippen LogP contribution in [0.4, 0.5) is 0 Å². The summed E-state index contributed by atoms with van der Waals surface area (Å²) in [7, 11) is 0. The van der Waals surface area contributed by atoms with Crippen molar-refractivity contribution >= 4 is 17.5 Å². The van der Waals surface area contributed by atoms with Crippen molar-refractivity contribution in [1.82, 2.24) is 24.4 Å². The molecule has 1 aliphatic rings. The molecule has 0 radical (unpaired) electrons. The van der Waals surface area contributed by atoms with Gasteiger partial charge in [0, 0.05) is 44.7 Å². The van der Waals surface area contributed by atoms with Gasteiger partial charge in [0.15, 0.2) is 5.65 Å². The van der Waals surface area contributed by atoms with Crippen LogP contribution in [0, 0.1) is 0 Å². The molecule has 0 saturated carbocycles. The van der Waals surface area contributed by atoms with Crippen molar-refractivity contribution in [3.8, 4) is 0 Å². The van der Waals surface area contributed by atoms with Crippen molar-refractivity contribution in [2.45, 2.75) is 32.4 Å². The van der Waals surface area contributed by atoms with E-state index >= 15 is 0 Å². The van der Waals surface area contributed by atoms with E-state index in [1.807, 2.05) is 18.7 Å². The summed E-state index contributed by atoms with van der Waals surface area (Å²) in [6.07, 6.45) is 5.34. The number of hydrogen-bond donors (Lipinski definition) is 2. The fourth-order valence-corrected chi connectivity index (χ4v) is 3.35. The summed E-state index contributed by atoms with van der Waals surface area (Å²) >= 11 is 0. The lowest BCUT2D eigenvalue weighted by Gasteiger charge is -2.41. The molecule has 3 rings (SSSR count). The van der Waals surface area contributed by atoms with E-state index in [1.165, 1.54) is 10.7 Å². The highest BCUT2D eigenvalue weighted by Crippen LogP contribution is 2.18. The SMILES string of the molecule is CC(C)N1CCN(C(=O)c2cnn3cc(CCO)cnc23)C[C@@H]1C(N)=O. The molecule has 2 aromatic rings. The number of nitrogens with zero attached hydrogens (tertiary/aromatic N) is 5. The Morgan fingerprint density at radius 1 is 1.35 bits per heavy atom. The van der Waals surface area contributed by atoms with E-state index < -0.39 is 11.9 Å². The van der Waals surface area contributed by atoms with Crippen LogP contribution in [0.2, 0.25) is 0 Å². The predicted molar refractivity (Wildman–Crippen MR) is 94.5 cm³/mol. The summed E-state index contributed by atoms with van der Waals surface area (Å²) in [6, 6.07) is -0.327. The number of aliphatic hydroxyl groups excluding tert-OH is 1. The Morgan fingerprint density at radius 3 is 2.77 bits per heavy atom. The Labute approximate surface area is 151 Å². The van der Waals surface area contributed by atoms with Crippen LogP contribution in [0.3, 0.4) is 0 Å². The number of fused-ring (bicyclic) bond motifs is 1. The molecule has 9 nitrogen and oxygen atoms in total. The fourth-order valence-electron chi connectivity index (χ4n) is 3.35. The van der Waals surface area contributed by atoms with Crippen molar-refractivity contribution in [3.05, 3.63) is 29.7 Å². The number of amides is 2. The van der Waals surface area contributed by atoms with Gasteiger partial charge in [0.1, 0.15) is 11.6 Å². The lowest BCUT2D eigenvalue weighted by atomic mass is 10.1. The highest BCUT2D eigenvalue weighted by molar-refractivity contribution is 6.00. The monoisotopic (exact) mass is 360 g/mol. The molecule has 0 spiro atoms. The molecule has 140 valence electrons. The largest absolute Gasteiger partial charge is 0.396 e. The molecule has 26 heavy (non-hydrogen) atoms. The Morgan fingerprint density at radius 2 is 2.12 bits per heavy atom. The normalized spacial score (nSPS) is 18.6. The van der Waals surface area contributed by atoms with Gasteiger partial charge in [-0.25, -0.2) is 9.50 Å². The predicted octanol–water partition coefficient (Wildman–Crippen LogP) is -0.716. The Kier molecular flexibility index (Phi) is 5.19. The molecule has 1 fully saturated rings. The summed E-state index contributed by atoms with van der Waals surface area (Å²) in [5.74, 6) is -0.639. The van der Waals surface area contributed by atoms with E-state index in [9.17, 15) is 9.59 Å². The Bertz CT molecular complexity index is 818. The number of carbonyl (C=O) groups is 2. The number of rotatable bonds is 5. The molecule has 1 saturated heterocycles. The van der Waals surface area contributed by atoms with E-state index in [0.717, 1.165) is 5.56 Å². The number of aromatic nitrogens is 3. The first-order valence-corrected chi connectivity index (χ1v) is 8.69. The molecule has 9 heteroatoms. The van der Waals surface area contributed by atoms with Crippen molar-refractivity contribution in [2.75, 3.05) is 26.2 Å². The topological polar surface area (TPSA) is 117 Å². The van der Waals surface area contributed by atoms with Gasteiger partial charge in [-0.2, -0.15) is 5.10 Å². The molecular weight excluding hydrogens is 336 g/mol. The van der Waals surface area contributed by atoms with Gasteiger partial charge in [0.05, 0.1) is 6.20 Å². The van der Waals surface area contributed by atoms with Gasteiger partial charge in [0.25, 0.3) is 5.91 Å². The molecule has 2 amide bonds. The molecule has 1 atom stereocenters. The summed E-state index contributed by atoms with van der Waals surface area (Å²) < 4.78 is 1.54. The van der Waals surface area contributed by atoms with Crippen LogP contribution in [-0.4, -0.2) is 79.6 Å². The zero-order valence-electron chi connectivity index (χ0n) is 15.0. The molecule has 3 heterocycles. The Hall–Kier alpha value is -2.52. The van der Waals surface area contributed by atoms with Crippen LogP contribution in [0.5, 0.6) is 0 Å². The third-order valence-electron chi connectivity index (χ3n) is 4.74. The molecular formula is C17H24N6O3. The first kappa shape index (κ1) is 18.3. The average Bonchev–Trinajstić information content (AvgIpc) is 3.04. The minimum absolute atomic E-state index is 0.0227. The molecule has 0 bridgehead atoms. The van der Waals surface area contributed by atoms with E-state index in [-0.39, 0.29) is 25.1 Å². The summed E-state index contributed by atoms with van der Waals surface area (Å²) in [6.45, 7) is 5.39. The number of aliphatic hydroxyl groups is 1. The molecule has 0 unspecified atom stereocenters. The van der Waals surface area contributed by atoms with Crippen molar-refractivity contribution < 1.29 is 14.7 Å². The lowest BCUT2D eigenvalue weighted by molar-refractivity contribution is -0.126. The van der Waals surface area contributed by atoms with Crippen LogP contribution >= 0.6 is 0 Å². The Balaban J connectivity index is 1.83. The zero-order valence-corrected chi connectivity index (χ0v) is 15.0. The number of hydrogen-bond acceptors (Lipinski definition) is 6. The molecule has 2 aromatic heterocycles. The molecule has 1 aliphatic heterocycles. The van der Waals surface area contributed by atoms with E-state index in [2.05, 4.69) is 10.1 Å². The second kappa shape index (κ2) is 7.38. The third-order valence-corrected chi connectivity index (χ3v) is 4.74. The van der Waals surface area contributed by atoms with Gasteiger partial charge < -0.3 is 15.7 Å². The number of primary amides is 1. The third kappa shape index (κ3) is 3.40. The number of nitrogens with two attached hydrogens (primary N) is 1. The van der Waals surface area contributed by atoms with Crippen molar-refractivity contribution in [2.24, 2.45) is 5.73 Å². The second-order valence-electron chi connectivity index (χ2n) is 6.76. The maximum absolute atomic E-state index is 13.0. The minimum atomic E-state index is -0.501. The average molecular weight is 360 g/mol. The molecule has 0 aromatic carbocycles. The maximum atomic E-state index is 13.0. The van der Waals surface area contributed by atoms with Gasteiger partial charge in [0.2, 0.25) is 5.91 Å². The van der Waals surface area contributed by atoms with Crippen molar-refractivity contribution in [3.63, 3.8) is 0 Å². The first-order valence-electron chi connectivity index (χ1n) is 8.69. The summed E-state index contributed by atoms with van der Waals surface area (Å²) in [5.41, 5.74) is 7.23. The number of carbonyl (C=O) groups excluding carboxylic acids is 2. The molecule has 0 aliphatic carbocycles. The van der Waals surface area contributed by atoms with E-state index in [4.69, 9.17) is 10.8 Å². The zero-order chi connectivity index (χ0) is 18.8. The highest BCUT2D eigenvalue weighted by atomic mass is 16.3. The summed E-state index contributed by atoms with van der Waals surface area (Å²) in [4.78, 5) is 32.7. The quantitative estimate of drug-likeness (QED) is 0.727. The second-order valence-corrected chi connectivity index (χ2v) is 6.76.